The molecule has 9 nitrogen and oxygen atoms in total. The Labute approximate surface area is 245 Å². The van der Waals surface area contributed by atoms with E-state index in [2.05, 4.69) is 31.8 Å². The van der Waals surface area contributed by atoms with Crippen molar-refractivity contribution in [1.29, 1.82) is 0 Å². The summed E-state index contributed by atoms with van der Waals surface area (Å²) in [5.41, 5.74) is 4.26. The Bertz CT molecular complexity index is 1640. The first-order valence-corrected chi connectivity index (χ1v) is 14.5. The smallest absolute Gasteiger partial charge is 0.329 e. The van der Waals surface area contributed by atoms with Crippen molar-refractivity contribution >= 4 is 61.3 Å². The lowest BCUT2D eigenvalue weighted by Crippen LogP contribution is -2.32. The highest BCUT2D eigenvalue weighted by atomic mass is 79.9. The van der Waals surface area contributed by atoms with Crippen LogP contribution in [0.4, 0.5) is 5.69 Å². The fraction of sp³-hybridized carbons (Fsp3) is 0.107. The number of hydrogen-bond donors (Lipinski definition) is 2. The lowest BCUT2D eigenvalue weighted by atomic mass is 10.2. The summed E-state index contributed by atoms with van der Waals surface area (Å²) >= 11 is 9.28. The summed E-state index contributed by atoms with van der Waals surface area (Å²) in [5, 5.41) is 6.78. The van der Waals surface area contributed by atoms with Gasteiger partial charge in [0.15, 0.2) is 0 Å². The molecule has 0 radical (unpaired) electrons. The Morgan fingerprint density at radius 2 is 1.65 bits per heavy atom. The number of benzene rings is 3. The van der Waals surface area contributed by atoms with Crippen molar-refractivity contribution in [2.45, 2.75) is 24.9 Å². The van der Waals surface area contributed by atoms with Crippen LogP contribution in [0.1, 0.15) is 22.6 Å². The van der Waals surface area contributed by atoms with Crippen LogP contribution >= 0.6 is 27.5 Å². The fourth-order valence-electron chi connectivity index (χ4n) is 3.55. The highest BCUT2D eigenvalue weighted by Crippen LogP contribution is 2.23. The van der Waals surface area contributed by atoms with Gasteiger partial charge in [-0.1, -0.05) is 53.6 Å². The second-order valence-electron chi connectivity index (χ2n) is 8.65. The van der Waals surface area contributed by atoms with Crippen LogP contribution in [0.3, 0.4) is 0 Å². The van der Waals surface area contributed by atoms with Gasteiger partial charge in [0.05, 0.1) is 23.3 Å². The van der Waals surface area contributed by atoms with E-state index in [9.17, 15) is 18.0 Å². The van der Waals surface area contributed by atoms with Gasteiger partial charge in [0.25, 0.3) is 0 Å². The number of halogens is 2. The third-order valence-corrected chi connectivity index (χ3v) is 8.38. The zero-order chi connectivity index (χ0) is 28.7. The molecule has 40 heavy (non-hydrogen) atoms. The van der Waals surface area contributed by atoms with Crippen molar-refractivity contribution in [3.05, 3.63) is 117 Å². The first-order valence-electron chi connectivity index (χ1n) is 11.9. The van der Waals surface area contributed by atoms with Gasteiger partial charge in [0.1, 0.15) is 11.5 Å². The van der Waals surface area contributed by atoms with Gasteiger partial charge in [-0.3, -0.25) is 9.59 Å². The maximum absolute atomic E-state index is 13.5. The van der Waals surface area contributed by atoms with E-state index in [1.165, 1.54) is 10.5 Å². The number of furan rings is 1. The topological polar surface area (TPSA) is 121 Å². The van der Waals surface area contributed by atoms with Gasteiger partial charge in [0.2, 0.25) is 10.0 Å². The molecule has 0 saturated heterocycles. The Hall–Kier alpha value is -3.77. The number of nitrogens with one attached hydrogen (secondary N) is 2. The first-order chi connectivity index (χ1) is 19.1. The van der Waals surface area contributed by atoms with Crippen molar-refractivity contribution in [3.63, 3.8) is 0 Å². The van der Waals surface area contributed by atoms with Gasteiger partial charge in [0, 0.05) is 16.0 Å². The molecule has 0 aliphatic carbocycles. The predicted octanol–water partition coefficient (Wildman–Crippen LogP) is 5.48. The number of amides is 2. The molecule has 2 amide bonds. The summed E-state index contributed by atoms with van der Waals surface area (Å²) in [6, 6.07) is 23.6. The van der Waals surface area contributed by atoms with Crippen LogP contribution in [0.15, 0.2) is 104 Å². The number of hydrogen-bond acceptors (Lipinski definition) is 6. The summed E-state index contributed by atoms with van der Waals surface area (Å²) < 4.78 is 34.7. The van der Waals surface area contributed by atoms with E-state index >= 15 is 0 Å². The SMILES string of the molecule is Cc1ccc(S(=O)(=O)N(Cc2ccc(Cl)cc2)Cc2ccc(/C=N/NC(=O)C(=O)Nc3ccccc3Br)o2)cc1. The summed E-state index contributed by atoms with van der Waals surface area (Å²) in [6.07, 6.45) is 1.21. The molecule has 0 atom stereocenters. The fourth-order valence-corrected chi connectivity index (χ4v) is 5.45. The average Bonchev–Trinajstić information content (AvgIpc) is 3.38. The van der Waals surface area contributed by atoms with Crippen LogP contribution in [0.25, 0.3) is 0 Å². The summed E-state index contributed by atoms with van der Waals surface area (Å²) in [7, 11) is -3.88. The van der Waals surface area contributed by atoms with Crippen LogP contribution < -0.4 is 10.7 Å². The monoisotopic (exact) mass is 642 g/mol. The van der Waals surface area contributed by atoms with Gasteiger partial charge in [-0.05, 0) is 76.9 Å². The van der Waals surface area contributed by atoms with Gasteiger partial charge in [-0.15, -0.1) is 0 Å². The molecule has 12 heteroatoms. The maximum Gasteiger partial charge on any atom is 0.329 e. The molecule has 4 aromatic rings. The van der Waals surface area contributed by atoms with E-state index in [0.29, 0.717) is 20.9 Å². The second kappa shape index (κ2) is 13.1. The van der Waals surface area contributed by atoms with Gasteiger partial charge < -0.3 is 9.73 Å². The number of rotatable bonds is 9. The Kier molecular flexibility index (Phi) is 9.54. The van der Waals surface area contributed by atoms with E-state index < -0.39 is 21.8 Å². The van der Waals surface area contributed by atoms with E-state index in [1.807, 2.05) is 6.92 Å². The number of aryl methyl sites for hydroxylation is 1. The molecule has 0 bridgehead atoms. The molecule has 0 spiro atoms. The molecule has 2 N–H and O–H groups in total. The second-order valence-corrected chi connectivity index (χ2v) is 11.9. The zero-order valence-corrected chi connectivity index (χ0v) is 24.3. The van der Waals surface area contributed by atoms with Crippen molar-refractivity contribution in [2.24, 2.45) is 5.10 Å². The molecule has 0 aliphatic rings. The Morgan fingerprint density at radius 3 is 2.35 bits per heavy atom. The predicted molar refractivity (Wildman–Crippen MR) is 156 cm³/mol. The van der Waals surface area contributed by atoms with Gasteiger partial charge >= 0.3 is 11.8 Å². The quantitative estimate of drug-likeness (QED) is 0.142. The van der Waals surface area contributed by atoms with Crippen LogP contribution in [0.2, 0.25) is 5.02 Å². The molecule has 0 aliphatic heterocycles. The van der Waals surface area contributed by atoms with Crippen LogP contribution in [-0.2, 0) is 32.7 Å². The number of anilines is 1. The lowest BCUT2D eigenvalue weighted by molar-refractivity contribution is -0.136. The number of para-hydroxylation sites is 1. The minimum absolute atomic E-state index is 0.0621. The standard InChI is InChI=1S/C28H24BrClN4O5S/c1-19-6-14-24(15-7-19)40(37,38)34(17-20-8-10-21(30)11-9-20)18-23-13-12-22(39-23)16-31-33-28(36)27(35)32-26-5-3-2-4-25(26)29/h2-16H,17-18H2,1H3,(H,32,35)(H,33,36)/b31-16+. The molecule has 1 aromatic heterocycles. The Balaban J connectivity index is 1.45. The van der Waals surface area contributed by atoms with Crippen molar-refractivity contribution < 1.29 is 22.4 Å². The number of nitrogens with zero attached hydrogens (tertiary/aromatic N) is 2. The molecular weight excluding hydrogens is 620 g/mol. The zero-order valence-electron chi connectivity index (χ0n) is 21.2. The highest BCUT2D eigenvalue weighted by Gasteiger charge is 2.26. The summed E-state index contributed by atoms with van der Waals surface area (Å²) in [5.74, 6) is -1.27. The third kappa shape index (κ3) is 7.66. The molecule has 0 saturated carbocycles. The van der Waals surface area contributed by atoms with Crippen molar-refractivity contribution in [3.8, 4) is 0 Å². The minimum atomic E-state index is -3.88. The van der Waals surface area contributed by atoms with Crippen molar-refractivity contribution in [2.75, 3.05) is 5.32 Å². The molecule has 3 aromatic carbocycles. The first kappa shape index (κ1) is 29.2. The summed E-state index contributed by atoms with van der Waals surface area (Å²) in [6.45, 7) is 1.90. The van der Waals surface area contributed by atoms with Crippen LogP contribution in [0, 0.1) is 6.92 Å². The van der Waals surface area contributed by atoms with Crippen molar-refractivity contribution in [1.82, 2.24) is 9.73 Å². The highest BCUT2D eigenvalue weighted by molar-refractivity contribution is 9.10. The molecular formula is C28H24BrClN4O5S. The molecule has 0 fully saturated rings. The Morgan fingerprint density at radius 1 is 0.950 bits per heavy atom. The van der Waals surface area contributed by atoms with Crippen LogP contribution in [-0.4, -0.2) is 30.8 Å². The summed E-state index contributed by atoms with van der Waals surface area (Å²) in [4.78, 5) is 24.4. The number of sulfonamides is 1. The number of hydrazone groups is 1. The maximum atomic E-state index is 13.5. The molecule has 206 valence electrons. The number of carbonyl (C=O) groups excluding carboxylic acids is 2. The van der Waals surface area contributed by atoms with Gasteiger partial charge in [-0.25, -0.2) is 13.8 Å². The number of carbonyl (C=O) groups is 2. The van der Waals surface area contributed by atoms with Gasteiger partial charge in [-0.2, -0.15) is 9.41 Å². The minimum Gasteiger partial charge on any atom is -0.459 e. The normalized spacial score (nSPS) is 11.6. The molecule has 4 rings (SSSR count). The average molecular weight is 644 g/mol. The van der Waals surface area contributed by atoms with E-state index in [-0.39, 0.29) is 23.7 Å². The largest absolute Gasteiger partial charge is 0.459 e. The third-order valence-electron chi connectivity index (χ3n) is 5.63. The van der Waals surface area contributed by atoms with E-state index in [4.69, 9.17) is 16.0 Å². The van der Waals surface area contributed by atoms with E-state index in [0.717, 1.165) is 11.1 Å². The van der Waals surface area contributed by atoms with Crippen LogP contribution in [0.5, 0.6) is 0 Å². The van der Waals surface area contributed by atoms with E-state index in [1.54, 1.807) is 84.9 Å². The lowest BCUT2D eigenvalue weighted by Gasteiger charge is -2.21. The molecule has 1 heterocycles. The molecule has 0 unspecified atom stereocenters.